The molecule has 0 aliphatic carbocycles. The summed E-state index contributed by atoms with van der Waals surface area (Å²) >= 11 is 0. The van der Waals surface area contributed by atoms with Gasteiger partial charge >= 0.3 is 0 Å². The second-order valence-electron chi connectivity index (χ2n) is 7.80. The van der Waals surface area contributed by atoms with E-state index < -0.39 is 17.7 Å². The van der Waals surface area contributed by atoms with Gasteiger partial charge in [-0.25, -0.2) is 14.4 Å². The number of anilines is 2. The van der Waals surface area contributed by atoms with E-state index in [2.05, 4.69) is 15.3 Å². The maximum absolute atomic E-state index is 13.9. The molecule has 1 aromatic carbocycles. The Balaban J connectivity index is 1.68. The SMILES string of the molecule is C[C@@]1(CO)Cc2cc(NC(=O)/C(=C/N)c3ncccn3)c(N3CC[C@H](F)C3)cc2O1. The number of fused-ring (bicyclic) bond motifs is 1. The van der Waals surface area contributed by atoms with Crippen LogP contribution in [0.5, 0.6) is 5.75 Å². The number of nitrogens with zero attached hydrogens (tertiary/aromatic N) is 3. The van der Waals surface area contributed by atoms with Crippen LogP contribution in [0.3, 0.4) is 0 Å². The molecule has 0 spiro atoms. The van der Waals surface area contributed by atoms with Gasteiger partial charge in [-0.3, -0.25) is 4.79 Å². The van der Waals surface area contributed by atoms with E-state index in [9.17, 15) is 14.3 Å². The number of alkyl halides is 1. The molecule has 1 amide bonds. The summed E-state index contributed by atoms with van der Waals surface area (Å²) in [5.41, 5.74) is 7.11. The number of halogens is 1. The highest BCUT2D eigenvalue weighted by Crippen LogP contribution is 2.42. The molecular formula is C21H24FN5O3. The lowest BCUT2D eigenvalue weighted by atomic mass is 9.99. The lowest BCUT2D eigenvalue weighted by molar-refractivity contribution is -0.111. The monoisotopic (exact) mass is 413 g/mol. The second kappa shape index (κ2) is 7.91. The largest absolute Gasteiger partial charge is 0.484 e. The Morgan fingerprint density at radius 1 is 1.47 bits per heavy atom. The number of carbonyl (C=O) groups excluding carboxylic acids is 1. The van der Waals surface area contributed by atoms with Crippen molar-refractivity contribution < 1.29 is 19.0 Å². The van der Waals surface area contributed by atoms with Crippen LogP contribution in [0.15, 0.2) is 36.8 Å². The zero-order valence-corrected chi connectivity index (χ0v) is 16.6. The second-order valence-corrected chi connectivity index (χ2v) is 7.80. The standard InChI is InChI=1S/C21H24FN5O3/c1-21(12-28)9-13-7-16(17(8-18(13)30-21)27-6-3-14(22)11-27)26-20(29)15(10-23)19-24-4-2-5-25-19/h2,4-5,7-8,10,14,28H,3,6,9,11-12,23H2,1H3,(H,26,29)/b15-10+/t14-,21-/m0/s1. The van der Waals surface area contributed by atoms with E-state index >= 15 is 0 Å². The molecule has 1 fully saturated rings. The average molecular weight is 413 g/mol. The van der Waals surface area contributed by atoms with Crippen molar-refractivity contribution in [1.29, 1.82) is 0 Å². The number of aliphatic hydroxyl groups is 1. The van der Waals surface area contributed by atoms with Gasteiger partial charge in [-0.2, -0.15) is 0 Å². The van der Waals surface area contributed by atoms with Gasteiger partial charge in [-0.1, -0.05) is 0 Å². The molecule has 9 heteroatoms. The minimum Gasteiger partial charge on any atom is -0.484 e. The molecule has 4 rings (SSSR count). The zero-order valence-electron chi connectivity index (χ0n) is 16.6. The third-order valence-corrected chi connectivity index (χ3v) is 5.37. The molecule has 3 heterocycles. The van der Waals surface area contributed by atoms with Crippen molar-refractivity contribution in [2.45, 2.75) is 31.5 Å². The van der Waals surface area contributed by atoms with Crippen LogP contribution in [0.4, 0.5) is 15.8 Å². The van der Waals surface area contributed by atoms with Crippen molar-refractivity contribution >= 4 is 22.9 Å². The minimum absolute atomic E-state index is 0.128. The van der Waals surface area contributed by atoms with Gasteiger partial charge in [0.15, 0.2) is 5.82 Å². The van der Waals surface area contributed by atoms with Crippen molar-refractivity contribution in [2.24, 2.45) is 5.73 Å². The van der Waals surface area contributed by atoms with E-state index in [1.807, 2.05) is 17.9 Å². The Morgan fingerprint density at radius 2 is 2.23 bits per heavy atom. The van der Waals surface area contributed by atoms with Crippen molar-refractivity contribution in [3.63, 3.8) is 0 Å². The van der Waals surface area contributed by atoms with Crippen LogP contribution >= 0.6 is 0 Å². The quantitative estimate of drug-likeness (QED) is 0.639. The Labute approximate surface area is 173 Å². The highest BCUT2D eigenvalue weighted by Gasteiger charge is 2.36. The normalized spacial score (nSPS) is 23.2. The number of nitrogens with one attached hydrogen (secondary N) is 1. The fourth-order valence-electron chi connectivity index (χ4n) is 3.82. The summed E-state index contributed by atoms with van der Waals surface area (Å²) in [4.78, 5) is 23.0. The smallest absolute Gasteiger partial charge is 0.261 e. The summed E-state index contributed by atoms with van der Waals surface area (Å²) in [6.07, 6.45) is 4.21. The fraction of sp³-hybridized carbons (Fsp3) is 0.381. The van der Waals surface area contributed by atoms with Crippen LogP contribution < -0.4 is 20.7 Å². The number of aliphatic hydroxyl groups excluding tert-OH is 1. The summed E-state index contributed by atoms with van der Waals surface area (Å²) in [6.45, 7) is 2.45. The van der Waals surface area contributed by atoms with Crippen molar-refractivity contribution in [1.82, 2.24) is 9.97 Å². The van der Waals surface area contributed by atoms with E-state index in [1.165, 1.54) is 12.4 Å². The lowest BCUT2D eigenvalue weighted by Gasteiger charge is -2.23. The molecule has 8 nitrogen and oxygen atoms in total. The number of benzene rings is 1. The Morgan fingerprint density at radius 3 is 2.87 bits per heavy atom. The molecule has 2 aliphatic rings. The molecule has 0 radical (unpaired) electrons. The third kappa shape index (κ3) is 3.80. The first kappa shape index (κ1) is 20.1. The molecule has 0 unspecified atom stereocenters. The number of carbonyl (C=O) groups is 1. The van der Waals surface area contributed by atoms with Crippen LogP contribution in [0, 0.1) is 0 Å². The van der Waals surface area contributed by atoms with E-state index in [0.29, 0.717) is 36.5 Å². The summed E-state index contributed by atoms with van der Waals surface area (Å²) < 4.78 is 19.8. The molecule has 1 saturated heterocycles. The average Bonchev–Trinajstić information content (AvgIpc) is 3.31. The number of ether oxygens (including phenoxy) is 1. The highest BCUT2D eigenvalue weighted by atomic mass is 19.1. The first-order valence-corrected chi connectivity index (χ1v) is 9.79. The predicted octanol–water partition coefficient (Wildman–Crippen LogP) is 1.65. The Hall–Kier alpha value is -3.20. The maximum atomic E-state index is 13.9. The van der Waals surface area contributed by atoms with Crippen molar-refractivity contribution in [3.05, 3.63) is 48.2 Å². The number of hydrogen-bond donors (Lipinski definition) is 3. The number of aromatic nitrogens is 2. The topological polar surface area (TPSA) is 114 Å². The predicted molar refractivity (Wildman–Crippen MR) is 111 cm³/mol. The number of nitrogens with two attached hydrogens (primary N) is 1. The van der Waals surface area contributed by atoms with Crippen LogP contribution in [0.25, 0.3) is 5.57 Å². The molecule has 0 saturated carbocycles. The fourth-order valence-corrected chi connectivity index (χ4v) is 3.82. The first-order valence-electron chi connectivity index (χ1n) is 9.79. The van der Waals surface area contributed by atoms with Crippen LogP contribution in [-0.4, -0.2) is 52.5 Å². The summed E-state index contributed by atoms with van der Waals surface area (Å²) in [6, 6.07) is 5.26. The van der Waals surface area contributed by atoms with Crippen LogP contribution in [0.2, 0.25) is 0 Å². The van der Waals surface area contributed by atoms with Crippen LogP contribution in [0.1, 0.15) is 24.7 Å². The van der Waals surface area contributed by atoms with Crippen molar-refractivity contribution in [2.75, 3.05) is 29.9 Å². The summed E-state index contributed by atoms with van der Waals surface area (Å²) in [5, 5.41) is 12.5. The van der Waals surface area contributed by atoms with Gasteiger partial charge in [0.25, 0.3) is 5.91 Å². The Kier molecular flexibility index (Phi) is 5.29. The maximum Gasteiger partial charge on any atom is 0.261 e. The van der Waals surface area contributed by atoms with Gasteiger partial charge in [-0.05, 0) is 25.5 Å². The number of amides is 1. The first-order chi connectivity index (χ1) is 14.4. The van der Waals surface area contributed by atoms with Crippen LogP contribution in [-0.2, 0) is 11.2 Å². The molecule has 30 heavy (non-hydrogen) atoms. The van der Waals surface area contributed by atoms with E-state index in [-0.39, 0.29) is 24.5 Å². The minimum atomic E-state index is -0.928. The molecule has 158 valence electrons. The third-order valence-electron chi connectivity index (χ3n) is 5.37. The van der Waals surface area contributed by atoms with E-state index in [4.69, 9.17) is 10.5 Å². The van der Waals surface area contributed by atoms with Gasteiger partial charge in [0.2, 0.25) is 0 Å². The molecule has 0 bridgehead atoms. The molecule has 1 aromatic heterocycles. The van der Waals surface area contributed by atoms with Gasteiger partial charge < -0.3 is 25.8 Å². The molecule has 2 aromatic rings. The van der Waals surface area contributed by atoms with Gasteiger partial charge in [0, 0.05) is 49.7 Å². The van der Waals surface area contributed by atoms with Gasteiger partial charge in [-0.15, -0.1) is 0 Å². The zero-order chi connectivity index (χ0) is 21.3. The van der Waals surface area contributed by atoms with Crippen molar-refractivity contribution in [3.8, 4) is 5.75 Å². The lowest BCUT2D eigenvalue weighted by Crippen LogP contribution is -2.34. The van der Waals surface area contributed by atoms with Gasteiger partial charge in [0.1, 0.15) is 17.5 Å². The molecule has 4 N–H and O–H groups in total. The van der Waals surface area contributed by atoms with E-state index in [1.54, 1.807) is 12.1 Å². The summed E-state index contributed by atoms with van der Waals surface area (Å²) in [5.74, 6) is 0.369. The Bertz CT molecular complexity index is 984. The van der Waals surface area contributed by atoms with E-state index in [0.717, 1.165) is 11.8 Å². The number of hydrogen-bond acceptors (Lipinski definition) is 7. The molecule has 2 aliphatic heterocycles. The molecular weight excluding hydrogens is 389 g/mol. The summed E-state index contributed by atoms with van der Waals surface area (Å²) in [7, 11) is 0. The molecule has 2 atom stereocenters. The van der Waals surface area contributed by atoms with Gasteiger partial charge in [0.05, 0.1) is 23.6 Å². The number of rotatable bonds is 5. The highest BCUT2D eigenvalue weighted by molar-refractivity contribution is 6.24.